The molecule has 0 fully saturated rings. The molecule has 1 aromatic heterocycles. The molecule has 1 unspecified atom stereocenters. The molecule has 1 heterocycles. The molecule has 0 bridgehead atoms. The maximum atomic E-state index is 5.32. The number of hydrogen-bond acceptors (Lipinski definition) is 1. The second-order valence-electron chi connectivity index (χ2n) is 16.3. The van der Waals surface area contributed by atoms with Crippen molar-refractivity contribution in [3.8, 4) is 50.5 Å². The fourth-order valence-electron chi connectivity index (χ4n) is 10.4. The summed E-state index contributed by atoms with van der Waals surface area (Å²) in [4.78, 5) is 5.32. The largest absolute Gasteiger partial charge is 0.292 e. The highest BCUT2D eigenvalue weighted by atomic mass is 15.1. The van der Waals surface area contributed by atoms with Crippen LogP contribution in [-0.2, 0) is 10.8 Å². The number of para-hydroxylation sites is 1. The van der Waals surface area contributed by atoms with Crippen molar-refractivity contribution in [2.24, 2.45) is 0 Å². The van der Waals surface area contributed by atoms with Gasteiger partial charge in [-0.3, -0.25) is 4.57 Å². The van der Waals surface area contributed by atoms with Crippen molar-refractivity contribution in [1.82, 2.24) is 9.55 Å². The maximum absolute atomic E-state index is 5.32. The van der Waals surface area contributed by atoms with Gasteiger partial charge in [-0.15, -0.1) is 0 Å². The van der Waals surface area contributed by atoms with Gasteiger partial charge < -0.3 is 0 Å². The van der Waals surface area contributed by atoms with E-state index in [-0.39, 0.29) is 5.41 Å². The van der Waals surface area contributed by atoms with E-state index in [1.807, 2.05) is 0 Å². The van der Waals surface area contributed by atoms with Crippen molar-refractivity contribution in [1.29, 1.82) is 0 Å². The predicted octanol–water partition coefficient (Wildman–Crippen LogP) is 13.5. The van der Waals surface area contributed by atoms with Gasteiger partial charge in [-0.2, -0.15) is 0 Å². The molecule has 3 aliphatic carbocycles. The van der Waals surface area contributed by atoms with Crippen molar-refractivity contribution in [3.63, 3.8) is 0 Å². The van der Waals surface area contributed by atoms with E-state index >= 15 is 0 Å². The summed E-state index contributed by atoms with van der Waals surface area (Å²) in [6.07, 6.45) is 4.65. The Bertz CT molecular complexity index is 3150. The molecule has 268 valence electrons. The van der Waals surface area contributed by atoms with Crippen molar-refractivity contribution >= 4 is 23.2 Å². The van der Waals surface area contributed by atoms with Crippen molar-refractivity contribution < 1.29 is 0 Å². The predicted molar refractivity (Wildman–Crippen MR) is 236 cm³/mol. The Hall–Kier alpha value is -7.03. The Labute approximate surface area is 333 Å². The third-order valence-electron chi connectivity index (χ3n) is 13.0. The number of imidazole rings is 1. The van der Waals surface area contributed by atoms with Gasteiger partial charge in [0.25, 0.3) is 0 Å². The highest BCUT2D eigenvalue weighted by molar-refractivity contribution is 5.96. The molecule has 8 aromatic carbocycles. The average molecular weight is 727 g/mol. The summed E-state index contributed by atoms with van der Waals surface area (Å²) in [6, 6.07) is 67.3. The van der Waals surface area contributed by atoms with Gasteiger partial charge in [0, 0.05) is 16.7 Å². The van der Waals surface area contributed by atoms with E-state index in [1.165, 1.54) is 72.3 Å². The minimum atomic E-state index is -0.534. The van der Waals surface area contributed by atoms with Crippen LogP contribution in [0.3, 0.4) is 0 Å². The Balaban J connectivity index is 1.12. The van der Waals surface area contributed by atoms with Crippen LogP contribution < -0.4 is 0 Å². The highest BCUT2D eigenvalue weighted by Gasteiger charge is 2.50. The summed E-state index contributed by atoms with van der Waals surface area (Å²) in [5, 5.41) is 0. The first-order valence-electron chi connectivity index (χ1n) is 20.0. The van der Waals surface area contributed by atoms with Crippen LogP contribution in [0.1, 0.15) is 58.4 Å². The monoisotopic (exact) mass is 726 g/mol. The Morgan fingerprint density at radius 2 is 0.982 bits per heavy atom. The molecule has 0 radical (unpaired) electrons. The molecule has 0 aliphatic heterocycles. The van der Waals surface area contributed by atoms with E-state index in [0.29, 0.717) is 0 Å². The normalized spacial score (nSPS) is 16.4. The van der Waals surface area contributed by atoms with Gasteiger partial charge in [-0.25, -0.2) is 4.98 Å². The van der Waals surface area contributed by atoms with E-state index in [4.69, 9.17) is 4.98 Å². The Morgan fingerprint density at radius 1 is 0.404 bits per heavy atom. The zero-order valence-electron chi connectivity index (χ0n) is 31.9. The van der Waals surface area contributed by atoms with Gasteiger partial charge in [0.15, 0.2) is 0 Å². The van der Waals surface area contributed by atoms with E-state index in [1.54, 1.807) is 0 Å². The van der Waals surface area contributed by atoms with E-state index in [9.17, 15) is 0 Å². The second kappa shape index (κ2) is 11.7. The topological polar surface area (TPSA) is 17.8 Å². The van der Waals surface area contributed by atoms with Gasteiger partial charge in [-0.1, -0.05) is 166 Å². The fourth-order valence-corrected chi connectivity index (χ4v) is 10.4. The van der Waals surface area contributed by atoms with E-state index < -0.39 is 5.41 Å². The molecule has 0 amide bonds. The Kier molecular flexibility index (Phi) is 6.64. The van der Waals surface area contributed by atoms with Crippen LogP contribution in [0.15, 0.2) is 182 Å². The zero-order chi connectivity index (χ0) is 37.9. The number of hydrogen-bond donors (Lipinski definition) is 0. The molecule has 0 saturated heterocycles. The van der Waals surface area contributed by atoms with Crippen LogP contribution in [-0.4, -0.2) is 9.55 Å². The molecule has 12 rings (SSSR count). The summed E-state index contributed by atoms with van der Waals surface area (Å²) >= 11 is 0. The lowest BCUT2D eigenvalue weighted by atomic mass is 9.65. The first-order chi connectivity index (χ1) is 28.0. The molecule has 0 N–H and O–H groups in total. The van der Waals surface area contributed by atoms with Gasteiger partial charge in [-0.05, 0) is 120 Å². The molecule has 1 spiro atoms. The summed E-state index contributed by atoms with van der Waals surface area (Å²) in [7, 11) is 0. The zero-order valence-corrected chi connectivity index (χ0v) is 31.9. The smallest absolute Gasteiger partial charge is 0.145 e. The summed E-state index contributed by atoms with van der Waals surface area (Å²) < 4.78 is 2.28. The molecule has 3 aliphatic rings. The van der Waals surface area contributed by atoms with Crippen molar-refractivity contribution in [2.75, 3.05) is 0 Å². The van der Waals surface area contributed by atoms with Crippen LogP contribution in [0.2, 0.25) is 0 Å². The molecule has 57 heavy (non-hydrogen) atoms. The lowest BCUT2D eigenvalue weighted by molar-refractivity contribution is 0.660. The van der Waals surface area contributed by atoms with Crippen LogP contribution in [0, 0.1) is 0 Å². The highest BCUT2D eigenvalue weighted by Crippen LogP contribution is 2.62. The average Bonchev–Trinajstić information content (AvgIpc) is 3.82. The number of aromatic nitrogens is 2. The lowest BCUT2D eigenvalue weighted by Crippen LogP contribution is -2.30. The Morgan fingerprint density at radius 3 is 1.77 bits per heavy atom. The number of rotatable bonds is 3. The fraction of sp³-hybridized carbons (Fsp3) is 0.0727. The molecule has 2 nitrogen and oxygen atoms in total. The molecule has 0 saturated carbocycles. The first kappa shape index (κ1) is 32.2. The molecule has 2 heteroatoms. The SMILES string of the molecule is CC1(C)c2ccccc2-c2cc3c(cc21)-c1ccccc1C31c2ccccc2C=Cc2ccc(-c3ccc4c(c3)nc(-c3ccccc3)n4-c3ccccc3)cc21. The van der Waals surface area contributed by atoms with Crippen molar-refractivity contribution in [2.45, 2.75) is 24.7 Å². The quantitative estimate of drug-likeness (QED) is 0.177. The van der Waals surface area contributed by atoms with Crippen LogP contribution in [0.25, 0.3) is 73.6 Å². The standard InChI is InChI=1S/C55H38N2/c1-54(2)46-23-13-10-20-41(46)43-34-50-44(33-49(43)54)42-21-11-14-24-47(42)55(50)45-22-12-9-15-35(45)25-26-36-27-28-38(31-48(36)55)39-29-30-52-51(32-39)56-53(37-16-5-3-6-17-37)57(52)40-18-7-4-8-19-40/h3-34H,1-2H3. The molecule has 1 atom stereocenters. The van der Waals surface area contributed by atoms with Gasteiger partial charge in [0.1, 0.15) is 5.82 Å². The second-order valence-corrected chi connectivity index (χ2v) is 16.3. The van der Waals surface area contributed by atoms with Crippen LogP contribution in [0.5, 0.6) is 0 Å². The minimum Gasteiger partial charge on any atom is -0.292 e. The maximum Gasteiger partial charge on any atom is 0.145 e. The van der Waals surface area contributed by atoms with Crippen LogP contribution >= 0.6 is 0 Å². The molecular formula is C55H38N2. The van der Waals surface area contributed by atoms with E-state index in [2.05, 4.69) is 213 Å². The van der Waals surface area contributed by atoms with Gasteiger partial charge >= 0.3 is 0 Å². The van der Waals surface area contributed by atoms with Gasteiger partial charge in [0.05, 0.1) is 16.4 Å². The summed E-state index contributed by atoms with van der Waals surface area (Å²) in [5.41, 5.74) is 21.9. The van der Waals surface area contributed by atoms with E-state index in [0.717, 1.165) is 33.7 Å². The summed E-state index contributed by atoms with van der Waals surface area (Å²) in [5.74, 6) is 0.938. The number of nitrogens with zero attached hydrogens (tertiary/aromatic N) is 2. The number of benzene rings is 8. The van der Waals surface area contributed by atoms with Gasteiger partial charge in [0.2, 0.25) is 0 Å². The van der Waals surface area contributed by atoms with Crippen molar-refractivity contribution in [3.05, 3.63) is 226 Å². The molecule has 9 aromatic rings. The first-order valence-corrected chi connectivity index (χ1v) is 20.0. The lowest BCUT2D eigenvalue weighted by Gasteiger charge is -2.36. The minimum absolute atomic E-state index is 0.0911. The number of fused-ring (bicyclic) bond motifs is 13. The third-order valence-corrected chi connectivity index (χ3v) is 13.0. The molecular weight excluding hydrogens is 689 g/mol. The van der Waals surface area contributed by atoms with Crippen LogP contribution in [0.4, 0.5) is 0 Å². The summed E-state index contributed by atoms with van der Waals surface area (Å²) in [6.45, 7) is 4.77. The third kappa shape index (κ3) is 4.38.